The van der Waals surface area contributed by atoms with Gasteiger partial charge in [-0.15, -0.1) is 13.2 Å². The maximum absolute atomic E-state index is 15.3. The van der Waals surface area contributed by atoms with E-state index in [4.69, 9.17) is 0 Å². The van der Waals surface area contributed by atoms with Crippen LogP contribution in [0.1, 0.15) is 77.6 Å². The second-order valence-corrected chi connectivity index (χ2v) is 13.0. The smallest absolute Gasteiger partial charge is 0.282 e. The highest BCUT2D eigenvalue weighted by Crippen LogP contribution is 2.52. The van der Waals surface area contributed by atoms with Crippen molar-refractivity contribution in [1.82, 2.24) is 0 Å². The molecule has 0 amide bonds. The molecular formula is C28H39F11O. The van der Waals surface area contributed by atoms with E-state index >= 15 is 26.3 Å². The van der Waals surface area contributed by atoms with E-state index < -0.39 is 111 Å². The molecule has 0 spiro atoms. The third-order valence-corrected chi connectivity index (χ3v) is 10.1. The highest BCUT2D eigenvalue weighted by atomic mass is 19.4. The SMILES string of the molecule is CC1CCC(C2CC(F)C(C3CC(F)C(C(F)(F)CC4CC(F)C(OC(F)(F)F)C(F)C4)C(F)C3)C(F)C2)CC1. The Bertz CT molecular complexity index is 781. The normalized spacial score (nSPS) is 47.7. The number of hydrogen-bond donors (Lipinski definition) is 0. The number of hydrogen-bond acceptors (Lipinski definition) is 1. The van der Waals surface area contributed by atoms with E-state index in [-0.39, 0.29) is 24.7 Å². The predicted molar refractivity (Wildman–Crippen MR) is 126 cm³/mol. The van der Waals surface area contributed by atoms with Crippen LogP contribution in [0.5, 0.6) is 0 Å². The Balaban J connectivity index is 1.34. The fourth-order valence-corrected chi connectivity index (χ4v) is 8.20. The molecule has 6 atom stereocenters. The van der Waals surface area contributed by atoms with Crippen molar-refractivity contribution < 1.29 is 53.0 Å². The molecule has 1 nitrogen and oxygen atoms in total. The van der Waals surface area contributed by atoms with E-state index in [1.165, 1.54) is 0 Å². The molecule has 0 radical (unpaired) electrons. The summed E-state index contributed by atoms with van der Waals surface area (Å²) >= 11 is 0. The average molecular weight is 601 g/mol. The summed E-state index contributed by atoms with van der Waals surface area (Å²) in [5, 5.41) is 0. The molecule has 4 aliphatic rings. The van der Waals surface area contributed by atoms with Crippen molar-refractivity contribution in [1.29, 1.82) is 0 Å². The van der Waals surface area contributed by atoms with Gasteiger partial charge in [-0.2, -0.15) is 0 Å². The topological polar surface area (TPSA) is 9.23 Å². The molecule has 0 saturated heterocycles. The van der Waals surface area contributed by atoms with Gasteiger partial charge in [0.25, 0.3) is 5.92 Å². The fourth-order valence-electron chi connectivity index (χ4n) is 8.20. The number of rotatable bonds is 6. The second kappa shape index (κ2) is 12.4. The van der Waals surface area contributed by atoms with Gasteiger partial charge in [-0.25, -0.2) is 35.1 Å². The zero-order valence-corrected chi connectivity index (χ0v) is 22.4. The molecule has 12 heteroatoms. The predicted octanol–water partition coefficient (Wildman–Crippen LogP) is 9.23. The summed E-state index contributed by atoms with van der Waals surface area (Å²) in [5.74, 6) is -9.77. The molecule has 0 bridgehead atoms. The zero-order chi connectivity index (χ0) is 29.6. The van der Waals surface area contributed by atoms with Crippen LogP contribution < -0.4 is 0 Å². The summed E-state index contributed by atoms with van der Waals surface area (Å²) in [6.45, 7) is 2.14. The van der Waals surface area contributed by atoms with Crippen LogP contribution in [-0.2, 0) is 4.74 Å². The minimum atomic E-state index is -5.32. The monoisotopic (exact) mass is 600 g/mol. The summed E-state index contributed by atoms with van der Waals surface area (Å²) in [6.07, 6.45) is -21.5. The molecule has 234 valence electrons. The summed E-state index contributed by atoms with van der Waals surface area (Å²) in [5.41, 5.74) is 0. The highest BCUT2D eigenvalue weighted by molar-refractivity contribution is 5.01. The van der Waals surface area contributed by atoms with E-state index in [0.29, 0.717) is 5.92 Å². The van der Waals surface area contributed by atoms with Gasteiger partial charge in [0.2, 0.25) is 0 Å². The van der Waals surface area contributed by atoms with E-state index in [0.717, 1.165) is 25.7 Å². The minimum Gasteiger partial charge on any atom is -0.282 e. The molecule has 6 unspecified atom stereocenters. The van der Waals surface area contributed by atoms with E-state index in [1.807, 2.05) is 0 Å². The van der Waals surface area contributed by atoms with Gasteiger partial charge >= 0.3 is 6.36 Å². The molecule has 40 heavy (non-hydrogen) atoms. The van der Waals surface area contributed by atoms with Crippen molar-refractivity contribution in [3.63, 3.8) is 0 Å². The molecule has 4 fully saturated rings. The summed E-state index contributed by atoms with van der Waals surface area (Å²) < 4.78 is 160. The first-order valence-electron chi connectivity index (χ1n) is 14.5. The van der Waals surface area contributed by atoms with Crippen LogP contribution in [0.15, 0.2) is 0 Å². The van der Waals surface area contributed by atoms with Gasteiger partial charge in [0.15, 0.2) is 0 Å². The van der Waals surface area contributed by atoms with Crippen molar-refractivity contribution in [3.8, 4) is 0 Å². The Morgan fingerprint density at radius 3 is 1.52 bits per heavy atom. The van der Waals surface area contributed by atoms with Gasteiger partial charge in [0, 0.05) is 12.3 Å². The van der Waals surface area contributed by atoms with Crippen LogP contribution in [0.4, 0.5) is 48.3 Å². The molecular weight excluding hydrogens is 561 g/mol. The first-order valence-corrected chi connectivity index (χ1v) is 14.5. The van der Waals surface area contributed by atoms with Crippen molar-refractivity contribution in [3.05, 3.63) is 0 Å². The quantitative estimate of drug-likeness (QED) is 0.276. The van der Waals surface area contributed by atoms with Crippen molar-refractivity contribution in [2.24, 2.45) is 41.4 Å². The van der Waals surface area contributed by atoms with Gasteiger partial charge in [-0.05, 0) is 81.0 Å². The Kier molecular flexibility index (Phi) is 9.98. The van der Waals surface area contributed by atoms with E-state index in [1.54, 1.807) is 0 Å². The van der Waals surface area contributed by atoms with Crippen LogP contribution in [0, 0.1) is 41.4 Å². The van der Waals surface area contributed by atoms with Crippen LogP contribution >= 0.6 is 0 Å². The molecule has 4 aliphatic carbocycles. The van der Waals surface area contributed by atoms with E-state index in [9.17, 15) is 22.0 Å². The minimum absolute atomic E-state index is 0.0870. The van der Waals surface area contributed by atoms with Gasteiger partial charge in [0.05, 0.1) is 5.92 Å². The van der Waals surface area contributed by atoms with Gasteiger partial charge in [-0.1, -0.05) is 19.8 Å². The molecule has 0 aromatic carbocycles. The largest absolute Gasteiger partial charge is 0.522 e. The lowest BCUT2D eigenvalue weighted by Gasteiger charge is -2.47. The molecule has 4 rings (SSSR count). The Morgan fingerprint density at radius 1 is 0.575 bits per heavy atom. The fraction of sp³-hybridized carbons (Fsp3) is 1.00. The van der Waals surface area contributed by atoms with Crippen LogP contribution in [0.2, 0.25) is 0 Å². The summed E-state index contributed by atoms with van der Waals surface area (Å²) in [4.78, 5) is 0. The standard InChI is InChI=1S/C28H39F11O/c1-13-2-4-15(5-3-13)16-8-18(29)24(19(30)9-16)17-10-20(31)25(21(32)11-17)27(35,36)12-14-6-22(33)26(23(34)7-14)40-28(37,38)39/h13-26H,2-12H2,1H3. The Hall–Kier alpha value is -0.810. The lowest BCUT2D eigenvalue weighted by molar-refractivity contribution is -0.358. The lowest BCUT2D eigenvalue weighted by atomic mass is 9.62. The van der Waals surface area contributed by atoms with Gasteiger partial charge in [-0.3, -0.25) is 4.74 Å². The van der Waals surface area contributed by atoms with Gasteiger partial charge in [0.1, 0.15) is 43.1 Å². The first-order chi connectivity index (χ1) is 18.6. The summed E-state index contributed by atoms with van der Waals surface area (Å²) in [7, 11) is 0. The molecule has 0 N–H and O–H groups in total. The van der Waals surface area contributed by atoms with Crippen LogP contribution in [0.3, 0.4) is 0 Å². The van der Waals surface area contributed by atoms with Crippen molar-refractivity contribution >= 4 is 0 Å². The third-order valence-electron chi connectivity index (χ3n) is 10.1. The Morgan fingerprint density at radius 2 is 1.05 bits per heavy atom. The number of halogens is 11. The molecule has 0 aromatic heterocycles. The van der Waals surface area contributed by atoms with Crippen LogP contribution in [0.25, 0.3) is 0 Å². The molecule has 0 aliphatic heterocycles. The van der Waals surface area contributed by atoms with Crippen molar-refractivity contribution in [2.45, 2.75) is 133 Å². The third kappa shape index (κ3) is 7.39. The number of ether oxygens (including phenoxy) is 1. The molecule has 0 heterocycles. The van der Waals surface area contributed by atoms with Crippen molar-refractivity contribution in [2.75, 3.05) is 0 Å². The lowest BCUT2D eigenvalue weighted by Crippen LogP contribution is -2.52. The maximum atomic E-state index is 15.3. The second-order valence-electron chi connectivity index (χ2n) is 13.0. The average Bonchev–Trinajstić information content (AvgIpc) is 2.80. The zero-order valence-electron chi connectivity index (χ0n) is 22.4. The first kappa shape index (κ1) is 32.1. The number of alkyl halides is 11. The Labute approximate surface area is 228 Å². The maximum Gasteiger partial charge on any atom is 0.522 e. The summed E-state index contributed by atoms with van der Waals surface area (Å²) in [6, 6.07) is 0. The molecule has 0 aromatic rings. The highest BCUT2D eigenvalue weighted by Gasteiger charge is 2.57. The van der Waals surface area contributed by atoms with Gasteiger partial charge < -0.3 is 0 Å². The van der Waals surface area contributed by atoms with Crippen LogP contribution in [-0.4, -0.2) is 55.4 Å². The van der Waals surface area contributed by atoms with E-state index in [2.05, 4.69) is 11.7 Å². The molecule has 4 saturated carbocycles.